The van der Waals surface area contributed by atoms with Gasteiger partial charge in [0.25, 0.3) is 5.91 Å². The lowest BCUT2D eigenvalue weighted by Crippen LogP contribution is -2.29. The second kappa shape index (κ2) is 7.82. The molecule has 0 saturated carbocycles. The first-order valence-electron chi connectivity index (χ1n) is 9.32. The highest BCUT2D eigenvalue weighted by Crippen LogP contribution is 2.24. The molecule has 2 aromatic carbocycles. The van der Waals surface area contributed by atoms with Gasteiger partial charge in [-0.05, 0) is 42.2 Å². The fourth-order valence-corrected chi connectivity index (χ4v) is 3.04. The summed E-state index contributed by atoms with van der Waals surface area (Å²) in [5.74, 6) is 1.38. The van der Waals surface area contributed by atoms with Crippen LogP contribution in [0, 0.1) is 0 Å². The van der Waals surface area contributed by atoms with Gasteiger partial charge in [-0.2, -0.15) is 0 Å². The first-order valence-corrected chi connectivity index (χ1v) is 9.32. The van der Waals surface area contributed by atoms with Gasteiger partial charge in [0.1, 0.15) is 11.6 Å². The van der Waals surface area contributed by atoms with Crippen LogP contribution in [0.3, 0.4) is 0 Å². The number of imidazole rings is 1. The highest BCUT2D eigenvalue weighted by Gasteiger charge is 2.14. The topological polar surface area (TPSA) is 56.2 Å². The van der Waals surface area contributed by atoms with Crippen molar-refractivity contribution in [3.8, 4) is 5.75 Å². The normalized spacial score (nSPS) is 11.6. The van der Waals surface area contributed by atoms with Gasteiger partial charge >= 0.3 is 0 Å². The number of para-hydroxylation sites is 2. The van der Waals surface area contributed by atoms with Gasteiger partial charge in [-0.1, -0.05) is 45.0 Å². The molecule has 142 valence electrons. The van der Waals surface area contributed by atoms with Crippen LogP contribution in [0.1, 0.15) is 39.1 Å². The number of aromatic nitrogens is 2. The number of benzene rings is 2. The molecule has 0 unspecified atom stereocenters. The molecule has 0 fully saturated rings. The van der Waals surface area contributed by atoms with Crippen LogP contribution in [-0.4, -0.2) is 22.1 Å². The van der Waals surface area contributed by atoms with Crippen molar-refractivity contribution < 1.29 is 9.53 Å². The minimum Gasteiger partial charge on any atom is -0.484 e. The highest BCUT2D eigenvalue weighted by molar-refractivity contribution is 5.78. The molecule has 0 atom stereocenters. The number of carbonyl (C=O) groups excluding carboxylic acids is 1. The third kappa shape index (κ3) is 4.48. The van der Waals surface area contributed by atoms with Crippen molar-refractivity contribution in [1.82, 2.24) is 14.9 Å². The average molecular weight is 365 g/mol. The minimum absolute atomic E-state index is 0.0127. The number of amides is 1. The molecule has 0 bridgehead atoms. The van der Waals surface area contributed by atoms with Crippen molar-refractivity contribution in [2.24, 2.45) is 0 Å². The molecular weight excluding hydrogens is 338 g/mol. The summed E-state index contributed by atoms with van der Waals surface area (Å²) in [7, 11) is 0. The van der Waals surface area contributed by atoms with Gasteiger partial charge in [-0.25, -0.2) is 4.98 Å². The second-order valence-corrected chi connectivity index (χ2v) is 7.60. The largest absolute Gasteiger partial charge is 0.484 e. The summed E-state index contributed by atoms with van der Waals surface area (Å²) < 4.78 is 7.71. The summed E-state index contributed by atoms with van der Waals surface area (Å²) in [4.78, 5) is 16.8. The summed E-state index contributed by atoms with van der Waals surface area (Å²) in [5.41, 5.74) is 3.36. The molecule has 3 aromatic rings. The van der Waals surface area contributed by atoms with Crippen molar-refractivity contribution in [2.45, 2.75) is 46.2 Å². The third-order valence-corrected chi connectivity index (χ3v) is 4.58. The smallest absolute Gasteiger partial charge is 0.258 e. The van der Waals surface area contributed by atoms with Crippen molar-refractivity contribution >= 4 is 16.9 Å². The Hall–Kier alpha value is -2.82. The predicted molar refractivity (Wildman–Crippen MR) is 108 cm³/mol. The minimum atomic E-state index is -0.162. The van der Waals surface area contributed by atoms with E-state index in [1.54, 1.807) is 0 Å². The number of hydrogen-bond acceptors (Lipinski definition) is 3. The van der Waals surface area contributed by atoms with E-state index in [2.05, 4.69) is 42.6 Å². The lowest BCUT2D eigenvalue weighted by Gasteiger charge is -2.19. The number of rotatable bonds is 6. The Bertz CT molecular complexity index is 921. The van der Waals surface area contributed by atoms with E-state index < -0.39 is 0 Å². The Morgan fingerprint density at radius 1 is 1.11 bits per heavy atom. The van der Waals surface area contributed by atoms with Crippen LogP contribution in [0.15, 0.2) is 48.5 Å². The first-order chi connectivity index (χ1) is 12.9. The quantitative estimate of drug-likeness (QED) is 0.717. The standard InChI is InChI=1S/C22H27N3O2/c1-5-25-19-9-7-6-8-18(19)24-20(25)14-23-21(26)15-27-17-12-10-16(11-13-17)22(2,3)4/h6-13H,5,14-15H2,1-4H3,(H,23,26). The fourth-order valence-electron chi connectivity index (χ4n) is 3.04. The number of fused-ring (bicyclic) bond motifs is 1. The molecule has 5 heteroatoms. The number of aryl methyl sites for hydroxylation is 1. The molecule has 1 N–H and O–H groups in total. The molecule has 0 spiro atoms. The zero-order chi connectivity index (χ0) is 19.4. The van der Waals surface area contributed by atoms with Crippen molar-refractivity contribution in [2.75, 3.05) is 6.61 Å². The van der Waals surface area contributed by atoms with E-state index >= 15 is 0 Å². The molecular formula is C22H27N3O2. The van der Waals surface area contributed by atoms with E-state index in [1.807, 2.05) is 48.5 Å². The molecule has 0 aliphatic carbocycles. The Kier molecular flexibility index (Phi) is 5.49. The Labute approximate surface area is 160 Å². The zero-order valence-electron chi connectivity index (χ0n) is 16.5. The lowest BCUT2D eigenvalue weighted by molar-refractivity contribution is -0.123. The molecule has 5 nitrogen and oxygen atoms in total. The van der Waals surface area contributed by atoms with Crippen LogP contribution >= 0.6 is 0 Å². The Morgan fingerprint density at radius 3 is 2.48 bits per heavy atom. The summed E-state index contributed by atoms with van der Waals surface area (Å²) in [6, 6.07) is 15.9. The van der Waals surface area contributed by atoms with E-state index in [4.69, 9.17) is 4.74 Å². The van der Waals surface area contributed by atoms with Crippen molar-refractivity contribution in [1.29, 1.82) is 0 Å². The maximum atomic E-state index is 12.2. The SMILES string of the molecule is CCn1c(CNC(=O)COc2ccc(C(C)(C)C)cc2)nc2ccccc21. The molecule has 0 saturated heterocycles. The van der Waals surface area contributed by atoms with Crippen LogP contribution in [-0.2, 0) is 23.3 Å². The average Bonchev–Trinajstić information content (AvgIpc) is 3.01. The van der Waals surface area contributed by atoms with Crippen LogP contribution in [0.25, 0.3) is 11.0 Å². The number of carbonyl (C=O) groups is 1. The Morgan fingerprint density at radius 2 is 1.81 bits per heavy atom. The second-order valence-electron chi connectivity index (χ2n) is 7.60. The van der Waals surface area contributed by atoms with Gasteiger partial charge < -0.3 is 14.6 Å². The number of ether oxygens (including phenoxy) is 1. The van der Waals surface area contributed by atoms with E-state index in [-0.39, 0.29) is 17.9 Å². The molecule has 0 aliphatic heterocycles. The van der Waals surface area contributed by atoms with Gasteiger partial charge in [0, 0.05) is 6.54 Å². The van der Waals surface area contributed by atoms with E-state index in [9.17, 15) is 4.79 Å². The first kappa shape index (κ1) is 19.0. The van der Waals surface area contributed by atoms with Crippen LogP contribution in [0.2, 0.25) is 0 Å². The van der Waals surface area contributed by atoms with Gasteiger partial charge in [-0.15, -0.1) is 0 Å². The predicted octanol–water partition coefficient (Wildman–Crippen LogP) is 4.05. The molecule has 0 aliphatic rings. The van der Waals surface area contributed by atoms with Gasteiger partial charge in [0.05, 0.1) is 17.6 Å². The summed E-state index contributed by atoms with van der Waals surface area (Å²) in [6.07, 6.45) is 0. The Balaban J connectivity index is 1.56. The lowest BCUT2D eigenvalue weighted by atomic mass is 9.87. The summed E-state index contributed by atoms with van der Waals surface area (Å²) >= 11 is 0. The zero-order valence-corrected chi connectivity index (χ0v) is 16.5. The third-order valence-electron chi connectivity index (χ3n) is 4.58. The molecule has 3 rings (SSSR count). The van der Waals surface area contributed by atoms with Crippen LogP contribution < -0.4 is 10.1 Å². The van der Waals surface area contributed by atoms with Crippen molar-refractivity contribution in [3.63, 3.8) is 0 Å². The fraction of sp³-hybridized carbons (Fsp3) is 0.364. The van der Waals surface area contributed by atoms with E-state index in [0.29, 0.717) is 12.3 Å². The van der Waals surface area contributed by atoms with Gasteiger partial charge in [0.2, 0.25) is 0 Å². The van der Waals surface area contributed by atoms with Crippen molar-refractivity contribution in [3.05, 3.63) is 59.9 Å². The highest BCUT2D eigenvalue weighted by atomic mass is 16.5. The number of nitrogens with zero attached hydrogens (tertiary/aromatic N) is 2. The van der Waals surface area contributed by atoms with Gasteiger partial charge in [0.15, 0.2) is 6.61 Å². The molecule has 1 heterocycles. The maximum absolute atomic E-state index is 12.2. The monoisotopic (exact) mass is 365 g/mol. The van der Waals surface area contributed by atoms with Crippen LogP contribution in [0.4, 0.5) is 0 Å². The summed E-state index contributed by atoms with van der Waals surface area (Å²) in [5, 5.41) is 2.89. The molecule has 27 heavy (non-hydrogen) atoms. The molecule has 0 radical (unpaired) electrons. The maximum Gasteiger partial charge on any atom is 0.258 e. The van der Waals surface area contributed by atoms with E-state index in [1.165, 1.54) is 5.56 Å². The molecule has 1 amide bonds. The van der Waals surface area contributed by atoms with E-state index in [0.717, 1.165) is 23.4 Å². The number of hydrogen-bond donors (Lipinski definition) is 1. The number of nitrogens with one attached hydrogen (secondary N) is 1. The van der Waals surface area contributed by atoms with Gasteiger partial charge in [-0.3, -0.25) is 4.79 Å². The summed E-state index contributed by atoms with van der Waals surface area (Å²) in [6.45, 7) is 9.75. The van der Waals surface area contributed by atoms with Crippen LogP contribution in [0.5, 0.6) is 5.75 Å². The molecule has 1 aromatic heterocycles.